The van der Waals surface area contributed by atoms with Gasteiger partial charge in [-0.2, -0.15) is 10.2 Å². The molecule has 2 rings (SSSR count). The van der Waals surface area contributed by atoms with Gasteiger partial charge in [-0.15, -0.1) is 0 Å². The molecule has 1 aromatic carbocycles. The molecule has 0 spiro atoms. The maximum absolute atomic E-state index is 9.41. The molecule has 1 N–H and O–H groups in total. The molecule has 1 aromatic rings. The van der Waals surface area contributed by atoms with E-state index < -0.39 is 0 Å². The van der Waals surface area contributed by atoms with Gasteiger partial charge in [-0.05, 0) is 6.92 Å². The topological polar surface area (TPSA) is 48.2 Å². The number of nitrogens with zero attached hydrogens (tertiary/aromatic N) is 3. The average molecular weight is 189 g/mol. The molecule has 0 aromatic heterocycles. The fourth-order valence-electron chi connectivity index (χ4n) is 1.20. The largest absolute Gasteiger partial charge is 0.287 e. The fourth-order valence-corrected chi connectivity index (χ4v) is 1.20. The predicted octanol–water partition coefficient (Wildman–Crippen LogP) is 2.49. The van der Waals surface area contributed by atoms with E-state index >= 15 is 0 Å². The first-order chi connectivity index (χ1) is 6.77. The van der Waals surface area contributed by atoms with Crippen LogP contribution in [-0.2, 0) is 0 Å². The van der Waals surface area contributed by atoms with E-state index in [4.69, 9.17) is 0 Å². The van der Waals surface area contributed by atoms with Crippen LogP contribution in [0.3, 0.4) is 0 Å². The summed E-state index contributed by atoms with van der Waals surface area (Å²) < 4.78 is 0. The molecule has 1 unspecified atom stereocenters. The summed E-state index contributed by atoms with van der Waals surface area (Å²) in [6.07, 6.45) is 1.27. The third kappa shape index (κ3) is 1.65. The molecular formula is C10H11N3O. The summed E-state index contributed by atoms with van der Waals surface area (Å²) >= 11 is 0. The Balaban J connectivity index is 2.30. The quantitative estimate of drug-likeness (QED) is 0.737. The minimum Gasteiger partial charge on any atom is -0.287 e. The standard InChI is InChI=1S/C10H11N3O/c1-8-11-12-10(7-13(8)14)9-5-3-2-4-6-9/h2-8,14H,1H3. The first-order valence-electron chi connectivity index (χ1n) is 4.42. The molecule has 0 radical (unpaired) electrons. The molecule has 72 valence electrons. The Hall–Kier alpha value is -1.68. The Morgan fingerprint density at radius 2 is 2.00 bits per heavy atom. The number of rotatable bonds is 1. The minimum absolute atomic E-state index is 0.303. The molecule has 4 nitrogen and oxygen atoms in total. The fraction of sp³-hybridized carbons (Fsp3) is 0.200. The van der Waals surface area contributed by atoms with Crippen molar-refractivity contribution in [3.05, 3.63) is 42.1 Å². The summed E-state index contributed by atoms with van der Waals surface area (Å²) in [4.78, 5) is 0. The van der Waals surface area contributed by atoms with Crippen LogP contribution >= 0.6 is 0 Å². The number of hydrogen-bond donors (Lipinski definition) is 1. The molecule has 0 fully saturated rings. The molecule has 0 amide bonds. The Kier molecular flexibility index (Phi) is 2.28. The molecule has 1 heterocycles. The Morgan fingerprint density at radius 1 is 1.29 bits per heavy atom. The zero-order valence-corrected chi connectivity index (χ0v) is 7.83. The van der Waals surface area contributed by atoms with Crippen LogP contribution in [0, 0.1) is 0 Å². The average Bonchev–Trinajstić information content (AvgIpc) is 2.23. The summed E-state index contributed by atoms with van der Waals surface area (Å²) in [5, 5.41) is 18.4. The van der Waals surface area contributed by atoms with Gasteiger partial charge in [0.1, 0.15) is 5.70 Å². The molecule has 0 aliphatic carbocycles. The first-order valence-corrected chi connectivity index (χ1v) is 4.42. The van der Waals surface area contributed by atoms with Crippen molar-refractivity contribution in [2.45, 2.75) is 13.1 Å². The van der Waals surface area contributed by atoms with Crippen molar-refractivity contribution in [2.24, 2.45) is 10.2 Å². The van der Waals surface area contributed by atoms with Crippen molar-refractivity contribution < 1.29 is 5.21 Å². The third-order valence-electron chi connectivity index (χ3n) is 2.04. The molecule has 0 saturated carbocycles. The number of hydroxylamine groups is 2. The zero-order chi connectivity index (χ0) is 9.97. The molecule has 4 heteroatoms. The van der Waals surface area contributed by atoms with Crippen LogP contribution in [0.25, 0.3) is 5.70 Å². The predicted molar refractivity (Wildman–Crippen MR) is 52.4 cm³/mol. The van der Waals surface area contributed by atoms with Gasteiger partial charge in [-0.1, -0.05) is 30.3 Å². The van der Waals surface area contributed by atoms with E-state index in [1.54, 1.807) is 13.1 Å². The van der Waals surface area contributed by atoms with Crippen molar-refractivity contribution in [3.8, 4) is 0 Å². The van der Waals surface area contributed by atoms with E-state index in [2.05, 4.69) is 10.2 Å². The number of hydrogen-bond acceptors (Lipinski definition) is 4. The molecule has 0 bridgehead atoms. The summed E-state index contributed by atoms with van der Waals surface area (Å²) in [5.74, 6) is 0. The highest BCUT2D eigenvalue weighted by Crippen LogP contribution is 2.21. The van der Waals surface area contributed by atoms with Gasteiger partial charge in [-0.25, -0.2) is 5.06 Å². The summed E-state index contributed by atoms with van der Waals surface area (Å²) in [6.45, 7) is 1.77. The maximum Gasteiger partial charge on any atom is 0.163 e. The Morgan fingerprint density at radius 3 is 2.64 bits per heavy atom. The number of benzene rings is 1. The van der Waals surface area contributed by atoms with Gasteiger partial charge in [-0.3, -0.25) is 5.21 Å². The van der Waals surface area contributed by atoms with Gasteiger partial charge in [0.2, 0.25) is 0 Å². The normalized spacial score (nSPS) is 20.9. The molecule has 14 heavy (non-hydrogen) atoms. The smallest absolute Gasteiger partial charge is 0.163 e. The lowest BCUT2D eigenvalue weighted by Crippen LogP contribution is -2.24. The van der Waals surface area contributed by atoms with Crippen molar-refractivity contribution in [3.63, 3.8) is 0 Å². The first kappa shape index (κ1) is 8.90. The molecule has 1 aliphatic rings. The van der Waals surface area contributed by atoms with Gasteiger partial charge in [0.05, 0.1) is 6.20 Å². The van der Waals surface area contributed by atoms with Crippen LogP contribution in [0.2, 0.25) is 0 Å². The van der Waals surface area contributed by atoms with Gasteiger partial charge >= 0.3 is 0 Å². The van der Waals surface area contributed by atoms with Gasteiger partial charge in [0.25, 0.3) is 0 Å². The second-order valence-electron chi connectivity index (χ2n) is 3.11. The van der Waals surface area contributed by atoms with Gasteiger partial charge < -0.3 is 0 Å². The van der Waals surface area contributed by atoms with E-state index in [0.29, 0.717) is 5.70 Å². The Bertz CT molecular complexity index is 372. The van der Waals surface area contributed by atoms with Crippen molar-refractivity contribution >= 4 is 5.70 Å². The van der Waals surface area contributed by atoms with Crippen LogP contribution in [0.5, 0.6) is 0 Å². The monoisotopic (exact) mass is 189 g/mol. The van der Waals surface area contributed by atoms with E-state index in [1.165, 1.54) is 0 Å². The highest BCUT2D eigenvalue weighted by atomic mass is 16.5. The second kappa shape index (κ2) is 3.59. The molecule has 1 aliphatic heterocycles. The van der Waals surface area contributed by atoms with Gasteiger partial charge in [0, 0.05) is 5.56 Å². The van der Waals surface area contributed by atoms with Crippen molar-refractivity contribution in [1.82, 2.24) is 5.06 Å². The zero-order valence-electron chi connectivity index (χ0n) is 7.83. The van der Waals surface area contributed by atoms with Crippen LogP contribution in [0.1, 0.15) is 12.5 Å². The molecule has 0 saturated heterocycles. The van der Waals surface area contributed by atoms with Gasteiger partial charge in [0.15, 0.2) is 6.17 Å². The van der Waals surface area contributed by atoms with Crippen molar-refractivity contribution in [2.75, 3.05) is 0 Å². The van der Waals surface area contributed by atoms with Crippen LogP contribution < -0.4 is 0 Å². The summed E-state index contributed by atoms with van der Waals surface area (Å²) in [5.41, 5.74) is 1.62. The van der Waals surface area contributed by atoms with E-state index in [0.717, 1.165) is 10.6 Å². The SMILES string of the molecule is CC1N=NC(c2ccccc2)=CN1O. The lowest BCUT2D eigenvalue weighted by atomic mass is 10.2. The lowest BCUT2D eigenvalue weighted by Gasteiger charge is -2.20. The van der Waals surface area contributed by atoms with E-state index in [9.17, 15) is 5.21 Å². The second-order valence-corrected chi connectivity index (χ2v) is 3.11. The highest BCUT2D eigenvalue weighted by Gasteiger charge is 2.13. The van der Waals surface area contributed by atoms with Crippen LogP contribution in [0.4, 0.5) is 0 Å². The minimum atomic E-state index is -0.303. The Labute approximate surface area is 82.2 Å². The number of azo groups is 1. The van der Waals surface area contributed by atoms with Crippen LogP contribution in [-0.4, -0.2) is 16.4 Å². The van der Waals surface area contributed by atoms with E-state index in [1.807, 2.05) is 30.3 Å². The highest BCUT2D eigenvalue weighted by molar-refractivity contribution is 5.63. The molecular weight excluding hydrogens is 178 g/mol. The summed E-state index contributed by atoms with van der Waals surface area (Å²) in [7, 11) is 0. The summed E-state index contributed by atoms with van der Waals surface area (Å²) in [6, 6.07) is 9.63. The lowest BCUT2D eigenvalue weighted by molar-refractivity contribution is -0.0745. The van der Waals surface area contributed by atoms with Crippen LogP contribution in [0.15, 0.2) is 46.8 Å². The third-order valence-corrected chi connectivity index (χ3v) is 2.04. The van der Waals surface area contributed by atoms with Crippen molar-refractivity contribution in [1.29, 1.82) is 0 Å². The maximum atomic E-state index is 9.41. The van der Waals surface area contributed by atoms with E-state index in [-0.39, 0.29) is 6.17 Å². The molecule has 1 atom stereocenters.